The molecule has 1 fully saturated rings. The SMILES string of the molecule is CCCNC1CCN(c2cn(C)nc2C)CC1. The van der Waals surface area contributed by atoms with Crippen molar-refractivity contribution in [1.29, 1.82) is 0 Å². The molecule has 0 aliphatic carbocycles. The fourth-order valence-corrected chi connectivity index (χ4v) is 2.57. The molecule has 1 aliphatic rings. The van der Waals surface area contributed by atoms with Crippen molar-refractivity contribution >= 4 is 5.69 Å². The van der Waals surface area contributed by atoms with Crippen molar-refractivity contribution in [1.82, 2.24) is 15.1 Å². The molecule has 0 amide bonds. The van der Waals surface area contributed by atoms with Gasteiger partial charge in [0.25, 0.3) is 0 Å². The van der Waals surface area contributed by atoms with Crippen molar-refractivity contribution in [2.75, 3.05) is 24.5 Å². The number of piperidine rings is 1. The van der Waals surface area contributed by atoms with Crippen molar-refractivity contribution < 1.29 is 0 Å². The molecule has 4 nitrogen and oxygen atoms in total. The van der Waals surface area contributed by atoms with Crippen molar-refractivity contribution in [2.24, 2.45) is 7.05 Å². The first-order chi connectivity index (χ1) is 8.20. The van der Waals surface area contributed by atoms with Gasteiger partial charge in [0.2, 0.25) is 0 Å². The maximum Gasteiger partial charge on any atom is 0.0827 e. The lowest BCUT2D eigenvalue weighted by Crippen LogP contribution is -2.42. The molecule has 1 aromatic heterocycles. The Morgan fingerprint density at radius 1 is 1.41 bits per heavy atom. The van der Waals surface area contributed by atoms with Crippen LogP contribution in [0.15, 0.2) is 6.20 Å². The van der Waals surface area contributed by atoms with Gasteiger partial charge in [0.15, 0.2) is 0 Å². The van der Waals surface area contributed by atoms with Crippen molar-refractivity contribution in [3.63, 3.8) is 0 Å². The van der Waals surface area contributed by atoms with Gasteiger partial charge in [-0.25, -0.2) is 0 Å². The summed E-state index contributed by atoms with van der Waals surface area (Å²) >= 11 is 0. The average molecular weight is 236 g/mol. The summed E-state index contributed by atoms with van der Waals surface area (Å²) in [7, 11) is 1.99. The summed E-state index contributed by atoms with van der Waals surface area (Å²) in [5, 5.41) is 8.03. The smallest absolute Gasteiger partial charge is 0.0827 e. The number of nitrogens with one attached hydrogen (secondary N) is 1. The lowest BCUT2D eigenvalue weighted by molar-refractivity contribution is 0.415. The fourth-order valence-electron chi connectivity index (χ4n) is 2.57. The Balaban J connectivity index is 1.88. The minimum absolute atomic E-state index is 0.711. The van der Waals surface area contributed by atoms with E-state index in [-0.39, 0.29) is 0 Å². The highest BCUT2D eigenvalue weighted by Gasteiger charge is 2.20. The molecule has 1 aliphatic heterocycles. The third-order valence-corrected chi connectivity index (χ3v) is 3.51. The van der Waals surface area contributed by atoms with E-state index in [4.69, 9.17) is 0 Å². The van der Waals surface area contributed by atoms with Crippen LogP contribution in [0.3, 0.4) is 0 Å². The second-order valence-electron chi connectivity index (χ2n) is 4.99. The van der Waals surface area contributed by atoms with E-state index in [9.17, 15) is 0 Å². The Labute approximate surface area is 104 Å². The highest BCUT2D eigenvalue weighted by atomic mass is 15.3. The molecule has 0 unspecified atom stereocenters. The largest absolute Gasteiger partial charge is 0.369 e. The minimum Gasteiger partial charge on any atom is -0.369 e. The van der Waals surface area contributed by atoms with Gasteiger partial charge < -0.3 is 10.2 Å². The van der Waals surface area contributed by atoms with E-state index in [1.807, 2.05) is 11.7 Å². The van der Waals surface area contributed by atoms with Gasteiger partial charge in [0, 0.05) is 32.4 Å². The summed E-state index contributed by atoms with van der Waals surface area (Å²) in [5.41, 5.74) is 2.45. The monoisotopic (exact) mass is 236 g/mol. The third kappa shape index (κ3) is 3.00. The predicted molar refractivity (Wildman–Crippen MR) is 71.5 cm³/mol. The van der Waals surface area contributed by atoms with Gasteiger partial charge in [-0.15, -0.1) is 0 Å². The van der Waals surface area contributed by atoms with Crippen LogP contribution in [-0.4, -0.2) is 35.5 Å². The van der Waals surface area contributed by atoms with E-state index in [1.165, 1.54) is 24.9 Å². The first-order valence-corrected chi connectivity index (χ1v) is 6.69. The normalized spacial score (nSPS) is 17.7. The van der Waals surface area contributed by atoms with E-state index in [2.05, 4.69) is 35.4 Å². The molecular weight excluding hydrogens is 212 g/mol. The molecule has 0 spiro atoms. The molecule has 0 bridgehead atoms. The molecule has 4 heteroatoms. The Morgan fingerprint density at radius 3 is 2.65 bits per heavy atom. The zero-order chi connectivity index (χ0) is 12.3. The van der Waals surface area contributed by atoms with Crippen LogP contribution < -0.4 is 10.2 Å². The van der Waals surface area contributed by atoms with Gasteiger partial charge in [0.1, 0.15) is 0 Å². The standard InChI is InChI=1S/C13H24N4/c1-4-7-14-12-5-8-17(9-6-12)13-10-16(3)15-11(13)2/h10,12,14H,4-9H2,1-3H3. The second-order valence-corrected chi connectivity index (χ2v) is 4.99. The van der Waals surface area contributed by atoms with Crippen LogP contribution in [0.1, 0.15) is 31.9 Å². The molecule has 17 heavy (non-hydrogen) atoms. The van der Waals surface area contributed by atoms with Gasteiger partial charge in [-0.1, -0.05) is 6.92 Å². The molecule has 0 aromatic carbocycles. The number of aromatic nitrogens is 2. The van der Waals surface area contributed by atoms with E-state index < -0.39 is 0 Å². The molecule has 0 saturated carbocycles. The summed E-state index contributed by atoms with van der Waals surface area (Å²) in [6, 6.07) is 0.711. The zero-order valence-electron chi connectivity index (χ0n) is 11.2. The third-order valence-electron chi connectivity index (χ3n) is 3.51. The number of anilines is 1. The first-order valence-electron chi connectivity index (χ1n) is 6.69. The van der Waals surface area contributed by atoms with E-state index in [0.717, 1.165) is 25.3 Å². The Bertz CT molecular complexity index is 350. The fraction of sp³-hybridized carbons (Fsp3) is 0.769. The van der Waals surface area contributed by atoms with E-state index >= 15 is 0 Å². The van der Waals surface area contributed by atoms with Crippen LogP contribution in [0.5, 0.6) is 0 Å². The minimum atomic E-state index is 0.711. The molecule has 96 valence electrons. The van der Waals surface area contributed by atoms with Crippen molar-refractivity contribution in [3.8, 4) is 0 Å². The van der Waals surface area contributed by atoms with Gasteiger partial charge in [-0.05, 0) is 32.7 Å². The van der Waals surface area contributed by atoms with Gasteiger partial charge in [-0.2, -0.15) is 5.10 Å². The van der Waals surface area contributed by atoms with Gasteiger partial charge >= 0.3 is 0 Å². The zero-order valence-corrected chi connectivity index (χ0v) is 11.2. The molecule has 1 saturated heterocycles. The quantitative estimate of drug-likeness (QED) is 0.863. The Kier molecular flexibility index (Phi) is 4.05. The maximum absolute atomic E-state index is 4.41. The molecule has 0 radical (unpaired) electrons. The van der Waals surface area contributed by atoms with Crippen LogP contribution in [0, 0.1) is 6.92 Å². The molecule has 1 N–H and O–H groups in total. The summed E-state index contributed by atoms with van der Waals surface area (Å²) in [5.74, 6) is 0. The number of aryl methyl sites for hydroxylation is 2. The summed E-state index contributed by atoms with van der Waals surface area (Å²) in [4.78, 5) is 2.46. The van der Waals surface area contributed by atoms with Crippen molar-refractivity contribution in [3.05, 3.63) is 11.9 Å². The lowest BCUT2D eigenvalue weighted by atomic mass is 10.0. The van der Waals surface area contributed by atoms with E-state index in [1.54, 1.807) is 0 Å². The molecular formula is C13H24N4. The van der Waals surface area contributed by atoms with Gasteiger partial charge in [0.05, 0.1) is 11.4 Å². The maximum atomic E-state index is 4.41. The predicted octanol–water partition coefficient (Wildman–Crippen LogP) is 1.70. The van der Waals surface area contributed by atoms with Crippen LogP contribution in [0.25, 0.3) is 0 Å². The summed E-state index contributed by atoms with van der Waals surface area (Å²) in [6.45, 7) is 7.76. The number of hydrogen-bond donors (Lipinski definition) is 1. The van der Waals surface area contributed by atoms with Crippen LogP contribution in [0.4, 0.5) is 5.69 Å². The highest BCUT2D eigenvalue weighted by molar-refractivity contribution is 5.49. The summed E-state index contributed by atoms with van der Waals surface area (Å²) in [6.07, 6.45) is 5.85. The number of rotatable bonds is 4. The van der Waals surface area contributed by atoms with Crippen LogP contribution in [0.2, 0.25) is 0 Å². The van der Waals surface area contributed by atoms with Crippen LogP contribution in [-0.2, 0) is 7.05 Å². The average Bonchev–Trinajstić information content (AvgIpc) is 2.66. The number of nitrogens with zero attached hydrogens (tertiary/aromatic N) is 3. The molecule has 2 rings (SSSR count). The highest BCUT2D eigenvalue weighted by Crippen LogP contribution is 2.22. The van der Waals surface area contributed by atoms with Gasteiger partial charge in [-0.3, -0.25) is 4.68 Å². The molecule has 2 heterocycles. The first kappa shape index (κ1) is 12.4. The van der Waals surface area contributed by atoms with Crippen LogP contribution >= 0.6 is 0 Å². The second kappa shape index (κ2) is 5.54. The van der Waals surface area contributed by atoms with E-state index in [0.29, 0.717) is 6.04 Å². The summed E-state index contributed by atoms with van der Waals surface area (Å²) < 4.78 is 1.91. The molecule has 1 aromatic rings. The van der Waals surface area contributed by atoms with Crippen molar-refractivity contribution in [2.45, 2.75) is 39.2 Å². The topological polar surface area (TPSA) is 33.1 Å². The molecule has 0 atom stereocenters. The number of hydrogen-bond acceptors (Lipinski definition) is 3. The lowest BCUT2D eigenvalue weighted by Gasteiger charge is -2.33. The Morgan fingerprint density at radius 2 is 2.12 bits per heavy atom. The Hall–Kier alpha value is -1.03.